The van der Waals surface area contributed by atoms with Gasteiger partial charge in [0.1, 0.15) is 73.2 Å². The minimum absolute atomic E-state index is 0.0813. The SMILES string of the molecule is CCOc1nc(=O)ccn1[C@@H]1O[C@H](CO)C(O)[C@@H]1OC.CO[C@H]1C(O)[C@@H](CO)O[C@H]1n1ccc(=O)[nH]c1=O.CO[C@H]1C(O)[C@@H](CO)O[C@H]1n1ccc(=O)[nH]c1=S.CO[C@H]1C(O)[C@@H](COS(C)(=O)=O)O[C@H]1n1ccc(=O)[nH]c1=O. The molecule has 10 N–H and O–H groups in total. The van der Waals surface area contributed by atoms with Crippen molar-refractivity contribution in [1.29, 1.82) is 0 Å². The quantitative estimate of drug-likeness (QED) is 0.0368. The van der Waals surface area contributed by atoms with Crippen molar-refractivity contribution in [2.75, 3.05) is 67.7 Å². The van der Waals surface area contributed by atoms with Crippen molar-refractivity contribution >= 4 is 22.3 Å². The first-order valence-corrected chi connectivity index (χ1v) is 25.5. The average molecular weight is 1160 g/mol. The topological polar surface area (TPSA) is 450 Å². The maximum absolute atomic E-state index is 11.8. The number of H-pyrrole nitrogens is 3. The van der Waals surface area contributed by atoms with E-state index in [4.69, 9.17) is 65.1 Å². The second-order valence-corrected chi connectivity index (χ2v) is 19.0. The molecule has 4 aliphatic rings. The van der Waals surface area contributed by atoms with E-state index in [1.807, 2.05) is 0 Å². The van der Waals surface area contributed by atoms with Gasteiger partial charge in [0.15, 0.2) is 29.7 Å². The van der Waals surface area contributed by atoms with E-state index >= 15 is 0 Å². The van der Waals surface area contributed by atoms with Gasteiger partial charge in [-0.25, -0.2) is 9.59 Å². The van der Waals surface area contributed by atoms with Gasteiger partial charge in [-0.15, -0.1) is 0 Å². The summed E-state index contributed by atoms with van der Waals surface area (Å²) in [4.78, 5) is 78.2. The summed E-state index contributed by atoms with van der Waals surface area (Å²) in [5.74, 6) is 0. The highest BCUT2D eigenvalue weighted by Crippen LogP contribution is 2.35. The molecule has 436 valence electrons. The van der Waals surface area contributed by atoms with Crippen LogP contribution in [-0.4, -0.2) is 223 Å². The predicted molar refractivity (Wildman–Crippen MR) is 263 cm³/mol. The van der Waals surface area contributed by atoms with Crippen molar-refractivity contribution in [3.05, 3.63) is 116 Å². The van der Waals surface area contributed by atoms with Crippen LogP contribution in [0.5, 0.6) is 6.01 Å². The van der Waals surface area contributed by atoms with E-state index in [1.54, 1.807) is 6.92 Å². The first-order valence-electron chi connectivity index (χ1n) is 23.3. The molecule has 4 aromatic rings. The van der Waals surface area contributed by atoms with Gasteiger partial charge in [-0.2, -0.15) is 13.4 Å². The fourth-order valence-electron chi connectivity index (χ4n) is 8.28. The number of hydrogen-bond acceptors (Lipinski definition) is 27. The van der Waals surface area contributed by atoms with Gasteiger partial charge in [-0.05, 0) is 19.1 Å². The van der Waals surface area contributed by atoms with Crippen LogP contribution in [0.3, 0.4) is 0 Å². The lowest BCUT2D eigenvalue weighted by Gasteiger charge is -2.22. The fourth-order valence-corrected chi connectivity index (χ4v) is 8.93. The zero-order chi connectivity index (χ0) is 57.8. The number of ether oxygens (including phenoxy) is 9. The number of hydrogen-bond donors (Lipinski definition) is 10. The maximum atomic E-state index is 11.8. The third-order valence-electron chi connectivity index (χ3n) is 12.1. The number of aromatic nitrogens is 8. The molecule has 8 rings (SSSR count). The minimum Gasteiger partial charge on any atom is -0.465 e. The molecule has 4 unspecified atom stereocenters. The Kier molecular flexibility index (Phi) is 23.2. The van der Waals surface area contributed by atoms with E-state index in [0.29, 0.717) is 6.61 Å². The Morgan fingerprint density at radius 1 is 0.564 bits per heavy atom. The summed E-state index contributed by atoms with van der Waals surface area (Å²) in [6, 6.07) is 4.92. The molecule has 4 fully saturated rings. The molecule has 4 aromatic heterocycles. The van der Waals surface area contributed by atoms with Gasteiger partial charge in [0.05, 0.1) is 39.3 Å². The van der Waals surface area contributed by atoms with Crippen LogP contribution < -0.4 is 38.4 Å². The Morgan fingerprint density at radius 3 is 1.27 bits per heavy atom. The van der Waals surface area contributed by atoms with Crippen LogP contribution in [0.15, 0.2) is 77.8 Å². The van der Waals surface area contributed by atoms with Gasteiger partial charge in [0, 0.05) is 77.5 Å². The van der Waals surface area contributed by atoms with Crippen molar-refractivity contribution in [3.8, 4) is 6.01 Å². The first kappa shape index (κ1) is 63.3. The molecule has 4 saturated heterocycles. The molecular formula is C43H62N8O25S2. The number of methoxy groups -OCH3 is 4. The molecule has 16 atom stereocenters. The summed E-state index contributed by atoms with van der Waals surface area (Å²) < 4.78 is 79.6. The molecule has 0 spiro atoms. The summed E-state index contributed by atoms with van der Waals surface area (Å²) >= 11 is 5.02. The van der Waals surface area contributed by atoms with Gasteiger partial charge < -0.3 is 78.4 Å². The van der Waals surface area contributed by atoms with E-state index in [2.05, 4.69) is 24.1 Å². The van der Waals surface area contributed by atoms with Gasteiger partial charge in [-0.1, -0.05) is 0 Å². The Bertz CT molecular complexity index is 3020. The molecule has 33 nitrogen and oxygen atoms in total. The molecule has 0 bridgehead atoms. The van der Waals surface area contributed by atoms with Crippen LogP contribution in [-0.2, 0) is 52.2 Å². The number of aliphatic hydroxyl groups is 7. The second kappa shape index (κ2) is 28.5. The molecule has 0 amide bonds. The van der Waals surface area contributed by atoms with Crippen molar-refractivity contribution in [1.82, 2.24) is 38.2 Å². The summed E-state index contributed by atoms with van der Waals surface area (Å²) in [6.07, 6.45) is -7.76. The first-order chi connectivity index (χ1) is 37.0. The Hall–Kier alpha value is -5.55. The highest BCUT2D eigenvalue weighted by molar-refractivity contribution is 7.86. The molecule has 8 heterocycles. The van der Waals surface area contributed by atoms with Gasteiger partial charge in [-0.3, -0.25) is 56.6 Å². The van der Waals surface area contributed by atoms with Crippen LogP contribution in [0.1, 0.15) is 31.8 Å². The molecule has 4 aliphatic heterocycles. The predicted octanol–water partition coefficient (Wildman–Crippen LogP) is -6.33. The Morgan fingerprint density at radius 2 is 0.910 bits per heavy atom. The summed E-state index contributed by atoms with van der Waals surface area (Å²) in [6.45, 7) is 0.610. The maximum Gasteiger partial charge on any atom is 0.330 e. The number of nitrogens with zero attached hydrogens (tertiary/aromatic N) is 5. The molecule has 0 radical (unpaired) electrons. The van der Waals surface area contributed by atoms with Crippen molar-refractivity contribution in [3.63, 3.8) is 0 Å². The number of aromatic amines is 3. The van der Waals surface area contributed by atoms with E-state index in [0.717, 1.165) is 27.5 Å². The highest BCUT2D eigenvalue weighted by Gasteiger charge is 2.48. The van der Waals surface area contributed by atoms with Crippen LogP contribution in [0.4, 0.5) is 0 Å². The number of nitrogens with one attached hydrogen (secondary N) is 3. The van der Waals surface area contributed by atoms with Gasteiger partial charge in [0.25, 0.3) is 32.4 Å². The van der Waals surface area contributed by atoms with Gasteiger partial charge >= 0.3 is 17.4 Å². The van der Waals surface area contributed by atoms with Crippen LogP contribution >= 0.6 is 12.2 Å². The zero-order valence-corrected chi connectivity index (χ0v) is 44.1. The van der Waals surface area contributed by atoms with E-state index < -0.39 is 150 Å². The average Bonchev–Trinajstić information content (AvgIpc) is 4.14. The lowest BCUT2D eigenvalue weighted by atomic mass is 10.1. The van der Waals surface area contributed by atoms with Crippen LogP contribution in [0.25, 0.3) is 0 Å². The van der Waals surface area contributed by atoms with Crippen LogP contribution in [0, 0.1) is 4.77 Å². The number of aliphatic hydroxyl groups excluding tert-OH is 7. The standard InChI is InChI=1S/C12H18N2O6.C11H16N2O8S.C10H14N2O6.C10H14N2O5S/c1-3-19-12-13-8(16)4-5-14(12)11-10(18-2)9(17)7(6-15)20-11;1-19-9-8(15)6(5-20-22(2,17)18)21-10(9)13-4-3-7(14)12-11(13)16;1-17-8-7(15)5(4-13)18-9(8)12-3-2-6(14)11-10(12)16;1-16-8-7(15)5(4-13)17-9(8)12-3-2-6(14)11-10(12)18/h4-5,7,9-11,15,17H,3,6H2,1-2H3;3-4,6,8-10,15H,5H2,1-2H3,(H,12,14,16);2-3,5,7-9,13,15H,4H2,1H3,(H,11,14,16);2-3,5,7-9,13,15H,4H2,1H3,(H,11,14,18)/t7-,9?,10+,11-;6-,8?,9+,10-;2*5-,7?,8+,9-/m1111/s1. The normalized spacial score (nSPS) is 30.4. The molecule has 0 aromatic carbocycles. The molecular weight excluding hydrogens is 1090 g/mol. The smallest absolute Gasteiger partial charge is 0.330 e. The van der Waals surface area contributed by atoms with E-state index in [1.165, 1.54) is 74.5 Å². The highest BCUT2D eigenvalue weighted by atomic mass is 32.2. The fraction of sp³-hybridized carbons (Fsp3) is 0.628. The number of rotatable bonds is 16. The molecule has 0 saturated carbocycles. The van der Waals surface area contributed by atoms with Crippen molar-refractivity contribution in [2.45, 2.75) is 105 Å². The molecule has 78 heavy (non-hydrogen) atoms. The lowest BCUT2D eigenvalue weighted by molar-refractivity contribution is -0.0644. The molecule has 35 heteroatoms. The van der Waals surface area contributed by atoms with E-state index in [9.17, 15) is 62.7 Å². The Balaban J connectivity index is 0.000000192. The third kappa shape index (κ3) is 15.2. The van der Waals surface area contributed by atoms with Crippen molar-refractivity contribution < 1.29 is 91.0 Å². The zero-order valence-electron chi connectivity index (χ0n) is 42.4. The van der Waals surface area contributed by atoms with E-state index in [-0.39, 0.29) is 29.6 Å². The van der Waals surface area contributed by atoms with Crippen molar-refractivity contribution in [2.24, 2.45) is 0 Å². The monoisotopic (exact) mass is 1150 g/mol. The minimum atomic E-state index is -3.70. The summed E-state index contributed by atoms with van der Waals surface area (Å²) in [7, 11) is 1.83. The second-order valence-electron chi connectivity index (χ2n) is 17.0. The van der Waals surface area contributed by atoms with Crippen LogP contribution in [0.2, 0.25) is 0 Å². The summed E-state index contributed by atoms with van der Waals surface area (Å²) in [5, 5.41) is 67.2. The largest absolute Gasteiger partial charge is 0.465 e. The third-order valence-corrected chi connectivity index (χ3v) is 12.9. The lowest BCUT2D eigenvalue weighted by Crippen LogP contribution is -2.38. The molecule has 0 aliphatic carbocycles. The van der Waals surface area contributed by atoms with Gasteiger partial charge in [0.2, 0.25) is 0 Å². The summed E-state index contributed by atoms with van der Waals surface area (Å²) in [5.41, 5.74) is -3.26. The Labute approximate surface area is 445 Å².